The van der Waals surface area contributed by atoms with Crippen molar-refractivity contribution in [2.75, 3.05) is 6.61 Å². The Bertz CT molecular complexity index is 701. The van der Waals surface area contributed by atoms with Gasteiger partial charge in [-0.3, -0.25) is 0 Å². The molecule has 0 aliphatic heterocycles. The number of ether oxygens (including phenoxy) is 1. The first-order valence-electron chi connectivity index (χ1n) is 7.17. The molecule has 0 saturated heterocycles. The second-order valence-electron chi connectivity index (χ2n) is 4.71. The molecule has 0 atom stereocenters. The van der Waals surface area contributed by atoms with Crippen molar-refractivity contribution in [3.8, 4) is 0 Å². The Kier molecular flexibility index (Phi) is 6.45. The number of esters is 1. The minimum atomic E-state index is -0.375. The third-order valence-corrected chi connectivity index (χ3v) is 3.52. The number of benzene rings is 2. The summed E-state index contributed by atoms with van der Waals surface area (Å²) in [5.74, 6) is -0.375. The van der Waals surface area contributed by atoms with E-state index in [2.05, 4.69) is 0 Å². The molecule has 0 aromatic heterocycles. The smallest absolute Gasteiger partial charge is 0.330 e. The highest BCUT2D eigenvalue weighted by Gasteiger charge is 2.06. The van der Waals surface area contributed by atoms with Gasteiger partial charge in [0.1, 0.15) is 0 Å². The summed E-state index contributed by atoms with van der Waals surface area (Å²) in [7, 11) is 0. The Morgan fingerprint density at radius 2 is 1.61 bits per heavy atom. The summed E-state index contributed by atoms with van der Waals surface area (Å²) in [5, 5.41) is 1.29. The van der Waals surface area contributed by atoms with Gasteiger partial charge in [0, 0.05) is 16.1 Å². The number of hydrogen-bond donors (Lipinski definition) is 0. The zero-order valence-electron chi connectivity index (χ0n) is 12.6. The summed E-state index contributed by atoms with van der Waals surface area (Å²) in [6, 6.07) is 15.0. The van der Waals surface area contributed by atoms with Gasteiger partial charge >= 0.3 is 5.97 Å². The van der Waals surface area contributed by atoms with Crippen LogP contribution in [0.2, 0.25) is 10.0 Å². The normalized spacial score (nSPS) is 10.6. The van der Waals surface area contributed by atoms with Gasteiger partial charge in [-0.05, 0) is 47.9 Å². The lowest BCUT2D eigenvalue weighted by Gasteiger charge is -2.09. The van der Waals surface area contributed by atoms with Crippen LogP contribution in [-0.4, -0.2) is 12.6 Å². The number of rotatable bonds is 5. The van der Waals surface area contributed by atoms with Crippen molar-refractivity contribution in [1.29, 1.82) is 0 Å². The van der Waals surface area contributed by atoms with Crippen LogP contribution in [0.4, 0.5) is 0 Å². The zero-order valence-corrected chi connectivity index (χ0v) is 14.1. The molecule has 0 unspecified atom stereocenters. The molecule has 0 saturated carbocycles. The number of carbonyl (C=O) groups is 1. The summed E-state index contributed by atoms with van der Waals surface area (Å²) >= 11 is 12.2. The molecule has 23 heavy (non-hydrogen) atoms. The Labute approximate surface area is 146 Å². The van der Waals surface area contributed by atoms with Crippen LogP contribution in [0.25, 0.3) is 5.57 Å². The highest BCUT2D eigenvalue weighted by molar-refractivity contribution is 6.31. The minimum absolute atomic E-state index is 0.350. The van der Waals surface area contributed by atoms with Crippen molar-refractivity contribution in [3.05, 3.63) is 87.9 Å². The molecular weight excluding hydrogens is 331 g/mol. The molecule has 0 radical (unpaired) electrons. The molecule has 0 aliphatic rings. The standard InChI is InChI=1S/C19H16Cl2O2/c1-2-23-19(22)11-5-10-18(14-6-3-8-16(20)12-14)15-7-4-9-17(21)13-15/h3-13H,2H2,1H3/b11-5-. The van der Waals surface area contributed by atoms with E-state index in [1.54, 1.807) is 13.0 Å². The molecule has 2 nitrogen and oxygen atoms in total. The molecule has 2 aromatic rings. The first-order chi connectivity index (χ1) is 11.1. The third kappa shape index (κ3) is 5.27. The predicted molar refractivity (Wildman–Crippen MR) is 95.8 cm³/mol. The molecule has 2 aromatic carbocycles. The molecule has 118 valence electrons. The molecule has 0 heterocycles. The number of hydrogen-bond acceptors (Lipinski definition) is 2. The van der Waals surface area contributed by atoms with E-state index in [1.807, 2.05) is 54.6 Å². The number of allylic oxidation sites excluding steroid dienone is 2. The number of carbonyl (C=O) groups excluding carboxylic acids is 1. The summed E-state index contributed by atoms with van der Waals surface area (Å²) < 4.78 is 4.88. The second-order valence-corrected chi connectivity index (χ2v) is 5.59. The van der Waals surface area contributed by atoms with E-state index in [-0.39, 0.29) is 5.97 Å². The maximum Gasteiger partial charge on any atom is 0.330 e. The van der Waals surface area contributed by atoms with Crippen molar-refractivity contribution in [1.82, 2.24) is 0 Å². The van der Waals surface area contributed by atoms with Crippen LogP contribution in [0.1, 0.15) is 18.1 Å². The third-order valence-electron chi connectivity index (χ3n) is 3.05. The van der Waals surface area contributed by atoms with Crippen LogP contribution >= 0.6 is 23.2 Å². The van der Waals surface area contributed by atoms with E-state index >= 15 is 0 Å². The maximum absolute atomic E-state index is 11.4. The van der Waals surface area contributed by atoms with E-state index in [1.165, 1.54) is 6.08 Å². The average Bonchev–Trinajstić information content (AvgIpc) is 2.52. The fourth-order valence-corrected chi connectivity index (χ4v) is 2.46. The first kappa shape index (κ1) is 17.3. The maximum atomic E-state index is 11.4. The fourth-order valence-electron chi connectivity index (χ4n) is 2.08. The molecule has 0 N–H and O–H groups in total. The van der Waals surface area contributed by atoms with Crippen molar-refractivity contribution < 1.29 is 9.53 Å². The Morgan fingerprint density at radius 1 is 1.04 bits per heavy atom. The van der Waals surface area contributed by atoms with Gasteiger partial charge in [0.2, 0.25) is 0 Å². The van der Waals surface area contributed by atoms with Crippen molar-refractivity contribution in [3.63, 3.8) is 0 Å². The van der Waals surface area contributed by atoms with Crippen molar-refractivity contribution in [2.45, 2.75) is 6.92 Å². The van der Waals surface area contributed by atoms with Gasteiger partial charge in [-0.2, -0.15) is 0 Å². The lowest BCUT2D eigenvalue weighted by Crippen LogP contribution is -1.98. The average molecular weight is 347 g/mol. The van der Waals surface area contributed by atoms with Gasteiger partial charge in [-0.25, -0.2) is 4.79 Å². The van der Waals surface area contributed by atoms with Crippen LogP contribution in [-0.2, 0) is 9.53 Å². The Balaban J connectivity index is 2.41. The van der Waals surface area contributed by atoms with Crippen LogP contribution in [0, 0.1) is 0 Å². The molecule has 0 amide bonds. The van der Waals surface area contributed by atoms with Crippen LogP contribution < -0.4 is 0 Å². The van der Waals surface area contributed by atoms with Gasteiger partial charge in [0.05, 0.1) is 6.61 Å². The van der Waals surface area contributed by atoms with Crippen molar-refractivity contribution >= 4 is 34.7 Å². The lowest BCUT2D eigenvalue weighted by molar-refractivity contribution is -0.137. The molecule has 0 fully saturated rings. The molecule has 0 bridgehead atoms. The van der Waals surface area contributed by atoms with E-state index in [0.717, 1.165) is 16.7 Å². The minimum Gasteiger partial charge on any atom is -0.463 e. The van der Waals surface area contributed by atoms with E-state index in [0.29, 0.717) is 16.7 Å². The van der Waals surface area contributed by atoms with Gasteiger partial charge in [0.25, 0.3) is 0 Å². The zero-order chi connectivity index (χ0) is 16.7. The highest BCUT2D eigenvalue weighted by atomic mass is 35.5. The van der Waals surface area contributed by atoms with Gasteiger partial charge < -0.3 is 4.74 Å². The molecule has 4 heteroatoms. The van der Waals surface area contributed by atoms with Gasteiger partial charge in [-0.15, -0.1) is 0 Å². The monoisotopic (exact) mass is 346 g/mol. The van der Waals surface area contributed by atoms with Crippen LogP contribution in [0.15, 0.2) is 66.8 Å². The highest BCUT2D eigenvalue weighted by Crippen LogP contribution is 2.27. The van der Waals surface area contributed by atoms with Gasteiger partial charge in [-0.1, -0.05) is 59.6 Å². The summed E-state index contributed by atoms with van der Waals surface area (Å²) in [6.45, 7) is 2.12. The van der Waals surface area contributed by atoms with Gasteiger partial charge in [0.15, 0.2) is 0 Å². The summed E-state index contributed by atoms with van der Waals surface area (Å²) in [6.07, 6.45) is 4.89. The Morgan fingerprint density at radius 3 is 2.09 bits per heavy atom. The van der Waals surface area contributed by atoms with Crippen LogP contribution in [0.5, 0.6) is 0 Å². The number of halogens is 2. The fraction of sp³-hybridized carbons (Fsp3) is 0.105. The Hall–Kier alpha value is -2.03. The second kappa shape index (κ2) is 8.56. The molecule has 0 aliphatic carbocycles. The molecule has 2 rings (SSSR count). The van der Waals surface area contributed by atoms with E-state index in [9.17, 15) is 4.79 Å². The van der Waals surface area contributed by atoms with Crippen molar-refractivity contribution in [2.24, 2.45) is 0 Å². The summed E-state index contributed by atoms with van der Waals surface area (Å²) in [4.78, 5) is 11.4. The summed E-state index contributed by atoms with van der Waals surface area (Å²) in [5.41, 5.74) is 2.79. The molecule has 0 spiro atoms. The SMILES string of the molecule is CCOC(=O)/C=C\C=C(c1cccc(Cl)c1)c1cccc(Cl)c1. The van der Waals surface area contributed by atoms with E-state index < -0.39 is 0 Å². The van der Waals surface area contributed by atoms with Crippen LogP contribution in [0.3, 0.4) is 0 Å². The topological polar surface area (TPSA) is 26.3 Å². The first-order valence-corrected chi connectivity index (χ1v) is 7.92. The largest absolute Gasteiger partial charge is 0.463 e. The quantitative estimate of drug-likeness (QED) is 0.403. The predicted octanol–water partition coefficient (Wildman–Crippen LogP) is 5.54. The lowest BCUT2D eigenvalue weighted by atomic mass is 9.97. The van der Waals surface area contributed by atoms with E-state index in [4.69, 9.17) is 27.9 Å². The molecular formula is C19H16Cl2O2.